The van der Waals surface area contributed by atoms with Crippen LogP contribution in [0.15, 0.2) is 85.2 Å². The van der Waals surface area contributed by atoms with E-state index in [9.17, 15) is 15.0 Å². The van der Waals surface area contributed by atoms with E-state index in [-0.39, 0.29) is 17.3 Å². The van der Waals surface area contributed by atoms with Gasteiger partial charge in [0.1, 0.15) is 11.5 Å². The molecule has 0 aliphatic heterocycles. The SMILES string of the molecule is COc1cc2ccc(-c3cc(C(=O)c4ccnc(-c5ccc6cc(OC)c(OC)cc6c5O)c4)ccn3)c(O)c2cc1OC. The molecule has 0 atom stereocenters. The number of aromatic hydroxyl groups is 2. The van der Waals surface area contributed by atoms with Gasteiger partial charge in [0.15, 0.2) is 28.8 Å². The topological polar surface area (TPSA) is 120 Å². The van der Waals surface area contributed by atoms with E-state index < -0.39 is 0 Å². The third-order valence-corrected chi connectivity index (χ3v) is 7.59. The number of phenolic OH excluding ortho intramolecular Hbond substituents is 2. The Kier molecular flexibility index (Phi) is 7.36. The van der Waals surface area contributed by atoms with E-state index in [1.165, 1.54) is 26.6 Å². The summed E-state index contributed by atoms with van der Waals surface area (Å²) in [6.45, 7) is 0. The average Bonchev–Trinajstić information content (AvgIpc) is 3.07. The van der Waals surface area contributed by atoms with Crippen LogP contribution in [-0.4, -0.2) is 54.4 Å². The van der Waals surface area contributed by atoms with E-state index in [1.807, 2.05) is 12.1 Å². The normalized spacial score (nSPS) is 11.0. The fourth-order valence-electron chi connectivity index (χ4n) is 5.29. The molecule has 0 amide bonds. The highest BCUT2D eigenvalue weighted by Crippen LogP contribution is 2.42. The van der Waals surface area contributed by atoms with Gasteiger partial charge < -0.3 is 29.2 Å². The molecule has 220 valence electrons. The van der Waals surface area contributed by atoms with Crippen molar-refractivity contribution in [2.24, 2.45) is 0 Å². The molecule has 2 aromatic heterocycles. The Morgan fingerprint density at radius 2 is 0.932 bits per heavy atom. The van der Waals surface area contributed by atoms with E-state index in [0.29, 0.717) is 67.4 Å². The number of rotatable bonds is 8. The molecule has 0 spiro atoms. The Balaban J connectivity index is 1.36. The number of methoxy groups -OCH3 is 4. The minimum Gasteiger partial charge on any atom is -0.507 e. The average molecular weight is 589 g/mol. The zero-order chi connectivity index (χ0) is 31.0. The minimum atomic E-state index is -0.268. The molecule has 0 unspecified atom stereocenters. The van der Waals surface area contributed by atoms with Gasteiger partial charge in [-0.1, -0.05) is 12.1 Å². The van der Waals surface area contributed by atoms with Gasteiger partial charge in [0.25, 0.3) is 0 Å². The Morgan fingerprint density at radius 3 is 1.32 bits per heavy atom. The molecule has 2 heterocycles. The Morgan fingerprint density at radius 1 is 0.545 bits per heavy atom. The fourth-order valence-corrected chi connectivity index (χ4v) is 5.29. The molecular weight excluding hydrogens is 560 g/mol. The number of carbonyl (C=O) groups excluding carboxylic acids is 1. The lowest BCUT2D eigenvalue weighted by Gasteiger charge is -2.13. The number of carbonyl (C=O) groups is 1. The smallest absolute Gasteiger partial charge is 0.193 e. The molecule has 0 saturated heterocycles. The summed E-state index contributed by atoms with van der Waals surface area (Å²) in [5, 5.41) is 25.0. The van der Waals surface area contributed by atoms with Gasteiger partial charge in [0.2, 0.25) is 0 Å². The monoisotopic (exact) mass is 588 g/mol. The van der Waals surface area contributed by atoms with E-state index in [1.54, 1.807) is 74.9 Å². The van der Waals surface area contributed by atoms with Crippen molar-refractivity contribution in [3.05, 3.63) is 96.3 Å². The molecule has 4 aromatic carbocycles. The molecule has 0 fully saturated rings. The number of fused-ring (bicyclic) bond motifs is 2. The van der Waals surface area contributed by atoms with Crippen molar-refractivity contribution in [3.8, 4) is 57.0 Å². The summed E-state index contributed by atoms with van der Waals surface area (Å²) in [6, 6.07) is 20.7. The maximum atomic E-state index is 13.7. The van der Waals surface area contributed by atoms with Crippen LogP contribution in [0.3, 0.4) is 0 Å². The lowest BCUT2D eigenvalue weighted by molar-refractivity contribution is 0.103. The van der Waals surface area contributed by atoms with Crippen LogP contribution in [0, 0.1) is 0 Å². The molecule has 0 saturated carbocycles. The van der Waals surface area contributed by atoms with Gasteiger partial charge in [-0.2, -0.15) is 0 Å². The maximum absolute atomic E-state index is 13.7. The molecular formula is C35H28N2O7. The first-order chi connectivity index (χ1) is 21.4. The lowest BCUT2D eigenvalue weighted by atomic mass is 9.97. The first kappa shape index (κ1) is 28.3. The Bertz CT molecular complexity index is 1930. The van der Waals surface area contributed by atoms with E-state index >= 15 is 0 Å². The Hall–Kier alpha value is -5.83. The number of hydrogen-bond acceptors (Lipinski definition) is 9. The number of phenols is 2. The van der Waals surface area contributed by atoms with Gasteiger partial charge >= 0.3 is 0 Å². The number of nitrogens with zero attached hydrogens (tertiary/aromatic N) is 2. The van der Waals surface area contributed by atoms with Crippen LogP contribution in [0.5, 0.6) is 34.5 Å². The number of pyridine rings is 2. The summed E-state index contributed by atoms with van der Waals surface area (Å²) in [5.74, 6) is 1.80. The fraction of sp³-hybridized carbons (Fsp3) is 0.114. The molecule has 0 aliphatic carbocycles. The summed E-state index contributed by atoms with van der Waals surface area (Å²) < 4.78 is 21.6. The van der Waals surface area contributed by atoms with Crippen molar-refractivity contribution >= 4 is 27.3 Å². The third kappa shape index (κ3) is 4.84. The summed E-state index contributed by atoms with van der Waals surface area (Å²) in [4.78, 5) is 22.5. The van der Waals surface area contributed by atoms with Crippen molar-refractivity contribution in [3.63, 3.8) is 0 Å². The maximum Gasteiger partial charge on any atom is 0.193 e. The number of benzene rings is 4. The van der Waals surface area contributed by atoms with E-state index in [4.69, 9.17) is 18.9 Å². The van der Waals surface area contributed by atoms with Gasteiger partial charge in [0.05, 0.1) is 39.8 Å². The van der Waals surface area contributed by atoms with Crippen molar-refractivity contribution < 1.29 is 34.0 Å². The van der Waals surface area contributed by atoms with Crippen LogP contribution >= 0.6 is 0 Å². The van der Waals surface area contributed by atoms with Crippen LogP contribution in [0.25, 0.3) is 44.1 Å². The second kappa shape index (κ2) is 11.4. The van der Waals surface area contributed by atoms with E-state index in [0.717, 1.165) is 10.8 Å². The van der Waals surface area contributed by atoms with Crippen LogP contribution in [0.1, 0.15) is 15.9 Å². The lowest BCUT2D eigenvalue weighted by Crippen LogP contribution is -2.03. The molecule has 9 heteroatoms. The number of hydrogen-bond donors (Lipinski definition) is 2. The standard InChI is InChI=1S/C35H28N2O7/c1-41-29-15-19-5-7-23(34(39)25(19)17-31(29)43-3)27-13-21(9-11-36-27)33(38)22-10-12-37-28(14-22)24-8-6-20-16-30(42-2)32(44-4)18-26(20)35(24)40/h5-18,39-40H,1-4H3. The van der Waals surface area contributed by atoms with Crippen molar-refractivity contribution in [1.82, 2.24) is 9.97 Å². The second-order valence-electron chi connectivity index (χ2n) is 9.97. The van der Waals surface area contributed by atoms with Crippen molar-refractivity contribution in [1.29, 1.82) is 0 Å². The van der Waals surface area contributed by atoms with Crippen molar-refractivity contribution in [2.45, 2.75) is 0 Å². The summed E-state index contributed by atoms with van der Waals surface area (Å²) in [7, 11) is 6.16. The third-order valence-electron chi connectivity index (χ3n) is 7.59. The second-order valence-corrected chi connectivity index (χ2v) is 9.97. The van der Waals surface area contributed by atoms with E-state index in [2.05, 4.69) is 9.97 Å². The van der Waals surface area contributed by atoms with Gasteiger partial charge in [-0.05, 0) is 71.4 Å². The van der Waals surface area contributed by atoms with Crippen LogP contribution in [0.4, 0.5) is 0 Å². The summed E-state index contributed by atoms with van der Waals surface area (Å²) in [6.07, 6.45) is 3.06. The molecule has 0 radical (unpaired) electrons. The van der Waals surface area contributed by atoms with Crippen molar-refractivity contribution in [2.75, 3.05) is 28.4 Å². The van der Waals surface area contributed by atoms with Crippen LogP contribution in [0.2, 0.25) is 0 Å². The molecule has 6 aromatic rings. The predicted octanol–water partition coefficient (Wildman–Crippen LogP) is 6.79. The molecule has 6 rings (SSSR count). The molecule has 2 N–H and O–H groups in total. The number of ketones is 1. The quantitative estimate of drug-likeness (QED) is 0.185. The van der Waals surface area contributed by atoms with Gasteiger partial charge in [-0.3, -0.25) is 14.8 Å². The zero-order valence-corrected chi connectivity index (χ0v) is 24.4. The molecule has 44 heavy (non-hydrogen) atoms. The van der Waals surface area contributed by atoms with Crippen LogP contribution < -0.4 is 18.9 Å². The molecule has 0 aliphatic rings. The minimum absolute atomic E-state index is 0.00720. The van der Waals surface area contributed by atoms with Gasteiger partial charge in [-0.25, -0.2) is 0 Å². The van der Waals surface area contributed by atoms with Crippen LogP contribution in [-0.2, 0) is 0 Å². The highest BCUT2D eigenvalue weighted by Gasteiger charge is 2.18. The molecule has 0 bridgehead atoms. The predicted molar refractivity (Wildman–Crippen MR) is 167 cm³/mol. The molecule has 9 nitrogen and oxygen atoms in total. The number of aromatic nitrogens is 2. The zero-order valence-electron chi connectivity index (χ0n) is 24.4. The number of ether oxygens (including phenoxy) is 4. The summed E-state index contributed by atoms with van der Waals surface area (Å²) >= 11 is 0. The van der Waals surface area contributed by atoms with Gasteiger partial charge in [0, 0.05) is 45.4 Å². The first-order valence-corrected chi connectivity index (χ1v) is 13.6. The van der Waals surface area contributed by atoms with Gasteiger partial charge in [-0.15, -0.1) is 0 Å². The first-order valence-electron chi connectivity index (χ1n) is 13.6. The Labute approximate surface area is 252 Å². The highest BCUT2D eigenvalue weighted by atomic mass is 16.5. The highest BCUT2D eigenvalue weighted by molar-refractivity contribution is 6.10. The summed E-state index contributed by atoms with van der Waals surface area (Å²) in [5.41, 5.74) is 2.52. The largest absolute Gasteiger partial charge is 0.507 e.